The van der Waals surface area contributed by atoms with Crippen molar-refractivity contribution < 1.29 is 9.53 Å². The summed E-state index contributed by atoms with van der Waals surface area (Å²) in [4.78, 5) is 10.9. The van der Waals surface area contributed by atoms with Crippen LogP contribution in [0.4, 0.5) is 0 Å². The molecule has 1 aliphatic carbocycles. The summed E-state index contributed by atoms with van der Waals surface area (Å²) in [5.74, 6) is 0.865. The normalized spacial score (nSPS) is 14.8. The molecule has 0 amide bonds. The first kappa shape index (κ1) is 9.97. The fourth-order valence-electron chi connectivity index (χ4n) is 2.15. The van der Waals surface area contributed by atoms with Gasteiger partial charge in [0.1, 0.15) is 12.0 Å². The van der Waals surface area contributed by atoms with Crippen molar-refractivity contribution in [3.8, 4) is 5.75 Å². The van der Waals surface area contributed by atoms with E-state index >= 15 is 0 Å². The molecule has 0 heterocycles. The van der Waals surface area contributed by atoms with E-state index in [4.69, 9.17) is 4.74 Å². The third-order valence-electron chi connectivity index (χ3n) is 3.00. The highest BCUT2D eigenvalue weighted by Crippen LogP contribution is 2.36. The van der Waals surface area contributed by atoms with Gasteiger partial charge in [0.25, 0.3) is 0 Å². The molecule has 0 saturated carbocycles. The van der Waals surface area contributed by atoms with Crippen LogP contribution in [0.15, 0.2) is 23.8 Å². The number of aldehydes is 1. The number of fused-ring (bicyclic) bond motifs is 1. The highest BCUT2D eigenvalue weighted by Gasteiger charge is 2.18. The summed E-state index contributed by atoms with van der Waals surface area (Å²) < 4.78 is 5.33. The van der Waals surface area contributed by atoms with Crippen LogP contribution >= 0.6 is 0 Å². The van der Waals surface area contributed by atoms with Crippen molar-refractivity contribution in [1.82, 2.24) is 0 Å². The number of aryl methyl sites for hydroxylation is 1. The molecule has 2 rings (SSSR count). The van der Waals surface area contributed by atoms with E-state index < -0.39 is 0 Å². The highest BCUT2D eigenvalue weighted by molar-refractivity contribution is 5.91. The molecule has 0 N–H and O–H groups in total. The molecule has 1 aliphatic rings. The zero-order chi connectivity index (χ0) is 10.8. The molecular formula is C13H14O2. The standard InChI is InChI=1S/C13H14O2/c1-9-11(8-14)7-6-10-4-3-5-12(15-2)13(9)10/h3-5,8H,6-7H2,1-2H3. The molecule has 1 aromatic rings. The number of hydrogen-bond acceptors (Lipinski definition) is 2. The lowest BCUT2D eigenvalue weighted by Crippen LogP contribution is -2.06. The second-order valence-corrected chi connectivity index (χ2v) is 3.76. The number of rotatable bonds is 2. The van der Waals surface area contributed by atoms with Gasteiger partial charge in [0, 0.05) is 5.56 Å². The Bertz CT molecular complexity index is 430. The molecule has 2 nitrogen and oxygen atoms in total. The SMILES string of the molecule is COc1cccc2c1C(C)=C(C=O)CC2. The molecule has 78 valence electrons. The largest absolute Gasteiger partial charge is 0.496 e. The minimum absolute atomic E-state index is 0.843. The van der Waals surface area contributed by atoms with Crippen molar-refractivity contribution in [3.05, 3.63) is 34.9 Å². The first-order valence-corrected chi connectivity index (χ1v) is 5.09. The highest BCUT2D eigenvalue weighted by atomic mass is 16.5. The Morgan fingerprint density at radius 3 is 2.80 bits per heavy atom. The Balaban J connectivity index is 2.64. The predicted molar refractivity (Wildman–Crippen MR) is 60.0 cm³/mol. The molecule has 0 aromatic heterocycles. The van der Waals surface area contributed by atoms with E-state index in [1.807, 2.05) is 19.1 Å². The van der Waals surface area contributed by atoms with Gasteiger partial charge in [0.15, 0.2) is 0 Å². The third kappa shape index (κ3) is 1.56. The molecule has 2 heteroatoms. The molecule has 0 radical (unpaired) electrons. The molecule has 0 atom stereocenters. The quantitative estimate of drug-likeness (QED) is 0.689. The van der Waals surface area contributed by atoms with E-state index in [9.17, 15) is 4.79 Å². The van der Waals surface area contributed by atoms with E-state index in [0.29, 0.717) is 0 Å². The van der Waals surface area contributed by atoms with Crippen LogP contribution in [0, 0.1) is 0 Å². The van der Waals surface area contributed by atoms with Crippen LogP contribution in [0.2, 0.25) is 0 Å². The van der Waals surface area contributed by atoms with Crippen molar-refractivity contribution in [2.24, 2.45) is 0 Å². The van der Waals surface area contributed by atoms with Gasteiger partial charge in [0.05, 0.1) is 7.11 Å². The molecule has 0 unspecified atom stereocenters. The topological polar surface area (TPSA) is 26.3 Å². The fourth-order valence-corrected chi connectivity index (χ4v) is 2.15. The van der Waals surface area contributed by atoms with Crippen molar-refractivity contribution in [1.29, 1.82) is 0 Å². The van der Waals surface area contributed by atoms with Crippen molar-refractivity contribution in [3.63, 3.8) is 0 Å². The van der Waals surface area contributed by atoms with Gasteiger partial charge in [-0.05, 0) is 42.5 Å². The Morgan fingerprint density at radius 2 is 2.13 bits per heavy atom. The van der Waals surface area contributed by atoms with Gasteiger partial charge in [-0.1, -0.05) is 12.1 Å². The van der Waals surface area contributed by atoms with Gasteiger partial charge in [-0.2, -0.15) is 0 Å². The van der Waals surface area contributed by atoms with Crippen molar-refractivity contribution in [2.45, 2.75) is 19.8 Å². The summed E-state index contributed by atoms with van der Waals surface area (Å²) in [6.45, 7) is 1.99. The Labute approximate surface area is 89.6 Å². The van der Waals surface area contributed by atoms with E-state index in [0.717, 1.165) is 41.6 Å². The lowest BCUT2D eigenvalue weighted by Gasteiger charge is -2.20. The number of carbonyl (C=O) groups is 1. The molecule has 15 heavy (non-hydrogen) atoms. The maximum Gasteiger partial charge on any atom is 0.146 e. The third-order valence-corrected chi connectivity index (χ3v) is 3.00. The van der Waals surface area contributed by atoms with Crippen molar-refractivity contribution >= 4 is 11.9 Å². The Morgan fingerprint density at radius 1 is 1.33 bits per heavy atom. The minimum atomic E-state index is 0.843. The first-order chi connectivity index (χ1) is 7.27. The molecular weight excluding hydrogens is 188 g/mol. The zero-order valence-corrected chi connectivity index (χ0v) is 9.04. The number of carbonyl (C=O) groups excluding carboxylic acids is 1. The molecule has 0 fully saturated rings. The van der Waals surface area contributed by atoms with Crippen LogP contribution in [-0.2, 0) is 11.2 Å². The predicted octanol–water partition coefficient (Wildman–Crippen LogP) is 2.61. The number of hydrogen-bond donors (Lipinski definition) is 0. The number of benzene rings is 1. The first-order valence-electron chi connectivity index (χ1n) is 5.09. The van der Waals surface area contributed by atoms with Gasteiger partial charge in [-0.3, -0.25) is 4.79 Å². The fraction of sp³-hybridized carbons (Fsp3) is 0.308. The summed E-state index contributed by atoms with van der Waals surface area (Å²) in [6.07, 6.45) is 2.73. The van der Waals surface area contributed by atoms with Crippen LogP contribution in [-0.4, -0.2) is 13.4 Å². The summed E-state index contributed by atoms with van der Waals surface area (Å²) in [6, 6.07) is 6.04. The lowest BCUT2D eigenvalue weighted by atomic mass is 9.86. The van der Waals surface area contributed by atoms with Crippen LogP contribution < -0.4 is 4.74 Å². The Kier molecular flexibility index (Phi) is 2.58. The van der Waals surface area contributed by atoms with Gasteiger partial charge in [0.2, 0.25) is 0 Å². The summed E-state index contributed by atoms with van der Waals surface area (Å²) in [7, 11) is 1.66. The monoisotopic (exact) mass is 202 g/mol. The number of methoxy groups -OCH3 is 1. The molecule has 1 aromatic carbocycles. The van der Waals surface area contributed by atoms with Gasteiger partial charge in [-0.25, -0.2) is 0 Å². The summed E-state index contributed by atoms with van der Waals surface area (Å²) in [5, 5.41) is 0. The maximum absolute atomic E-state index is 10.9. The van der Waals surface area contributed by atoms with E-state index in [-0.39, 0.29) is 0 Å². The van der Waals surface area contributed by atoms with Crippen LogP contribution in [0.25, 0.3) is 5.57 Å². The average Bonchev–Trinajstić information content (AvgIpc) is 2.29. The van der Waals surface area contributed by atoms with Crippen LogP contribution in [0.1, 0.15) is 24.5 Å². The molecule has 0 saturated heterocycles. The van der Waals surface area contributed by atoms with E-state index in [1.165, 1.54) is 5.56 Å². The second kappa shape index (κ2) is 3.89. The van der Waals surface area contributed by atoms with Crippen molar-refractivity contribution in [2.75, 3.05) is 7.11 Å². The lowest BCUT2D eigenvalue weighted by molar-refractivity contribution is -0.105. The summed E-state index contributed by atoms with van der Waals surface area (Å²) >= 11 is 0. The molecule has 0 aliphatic heterocycles. The average molecular weight is 202 g/mol. The van der Waals surface area contributed by atoms with Gasteiger partial charge in [-0.15, -0.1) is 0 Å². The number of allylic oxidation sites excluding steroid dienone is 2. The second-order valence-electron chi connectivity index (χ2n) is 3.76. The van der Waals surface area contributed by atoms with Crippen LogP contribution in [0.3, 0.4) is 0 Å². The smallest absolute Gasteiger partial charge is 0.146 e. The van der Waals surface area contributed by atoms with Crippen LogP contribution in [0.5, 0.6) is 5.75 Å². The number of ether oxygens (including phenoxy) is 1. The Hall–Kier alpha value is -1.57. The van der Waals surface area contributed by atoms with Gasteiger partial charge < -0.3 is 4.74 Å². The summed E-state index contributed by atoms with van der Waals surface area (Å²) in [5.41, 5.74) is 4.33. The maximum atomic E-state index is 10.9. The van der Waals surface area contributed by atoms with E-state index in [1.54, 1.807) is 7.11 Å². The van der Waals surface area contributed by atoms with E-state index in [2.05, 4.69) is 6.07 Å². The molecule has 0 bridgehead atoms. The van der Waals surface area contributed by atoms with Gasteiger partial charge >= 0.3 is 0 Å². The zero-order valence-electron chi connectivity index (χ0n) is 9.04. The minimum Gasteiger partial charge on any atom is -0.496 e. The molecule has 0 spiro atoms.